The molecular weight excluding hydrogens is 254 g/mol. The van der Waals surface area contributed by atoms with Gasteiger partial charge in [-0.15, -0.1) is 0 Å². The van der Waals surface area contributed by atoms with Crippen LogP contribution in [-0.4, -0.2) is 17.0 Å². The van der Waals surface area contributed by atoms with E-state index in [-0.39, 0.29) is 0 Å². The molecule has 1 heterocycles. The zero-order valence-corrected chi connectivity index (χ0v) is 13.7. The van der Waals surface area contributed by atoms with Crippen LogP contribution in [0.15, 0.2) is 12.8 Å². The van der Waals surface area contributed by atoms with E-state index in [1.165, 1.54) is 64.2 Å². The molecule has 4 rings (SSSR count). The maximum Gasteiger partial charge on any atom is 0.0318 e. The molecule has 6 unspecified atom stereocenters. The highest BCUT2D eigenvalue weighted by Crippen LogP contribution is 2.53. The molecule has 6 atom stereocenters. The monoisotopic (exact) mass is 287 g/mol. The average molecular weight is 287 g/mol. The molecule has 0 aromatic carbocycles. The Kier molecular flexibility index (Phi) is 4.02. The summed E-state index contributed by atoms with van der Waals surface area (Å²) < 4.78 is 0. The van der Waals surface area contributed by atoms with Gasteiger partial charge in [-0.2, -0.15) is 0 Å². The normalized spacial score (nSPS) is 46.8. The quantitative estimate of drug-likeness (QED) is 0.626. The van der Waals surface area contributed by atoms with Crippen LogP contribution >= 0.6 is 0 Å². The molecule has 0 aromatic heterocycles. The standard InChI is InChI=1S/C20H33N/c1-2-21-19-13-7-5-11-17(19)15-9-3-4-10-16(15)18-12-6-8-14-20(18)21/h2,15-20H,1,3-14H2. The number of rotatable bonds is 1. The Bertz CT molecular complexity index is 344. The molecule has 3 saturated carbocycles. The molecule has 4 aliphatic rings. The highest BCUT2D eigenvalue weighted by atomic mass is 15.2. The van der Waals surface area contributed by atoms with Crippen molar-refractivity contribution in [3.63, 3.8) is 0 Å². The van der Waals surface area contributed by atoms with E-state index in [1.54, 1.807) is 12.8 Å². The summed E-state index contributed by atoms with van der Waals surface area (Å²) in [5.41, 5.74) is 0. The SMILES string of the molecule is C=CN1C2CCCCC2C2CCCCC2C2CCCCC21. The molecule has 0 spiro atoms. The third kappa shape index (κ3) is 2.35. The van der Waals surface area contributed by atoms with E-state index in [9.17, 15) is 0 Å². The van der Waals surface area contributed by atoms with Crippen LogP contribution in [-0.2, 0) is 0 Å². The highest BCUT2D eigenvalue weighted by molar-refractivity contribution is 5.04. The number of nitrogens with zero attached hydrogens (tertiary/aromatic N) is 1. The van der Waals surface area contributed by atoms with Crippen molar-refractivity contribution < 1.29 is 0 Å². The molecule has 0 radical (unpaired) electrons. The molecule has 0 amide bonds. The fraction of sp³-hybridized carbons (Fsp3) is 0.900. The number of likely N-dealkylation sites (tertiary alicyclic amines) is 1. The van der Waals surface area contributed by atoms with Gasteiger partial charge in [0.2, 0.25) is 0 Å². The highest BCUT2D eigenvalue weighted by Gasteiger charge is 2.49. The number of fused-ring (bicyclic) bond motifs is 5. The molecule has 3 aliphatic carbocycles. The molecule has 0 aromatic rings. The second kappa shape index (κ2) is 5.97. The number of hydrogen-bond donors (Lipinski definition) is 0. The van der Waals surface area contributed by atoms with Gasteiger partial charge in [-0.3, -0.25) is 0 Å². The molecule has 1 nitrogen and oxygen atoms in total. The van der Waals surface area contributed by atoms with E-state index >= 15 is 0 Å². The van der Waals surface area contributed by atoms with Crippen LogP contribution in [0.25, 0.3) is 0 Å². The van der Waals surface area contributed by atoms with Crippen molar-refractivity contribution in [2.24, 2.45) is 23.7 Å². The van der Waals surface area contributed by atoms with E-state index < -0.39 is 0 Å². The Hall–Kier alpha value is -0.460. The van der Waals surface area contributed by atoms with E-state index in [1.807, 2.05) is 0 Å². The summed E-state index contributed by atoms with van der Waals surface area (Å²) in [6, 6.07) is 1.69. The zero-order chi connectivity index (χ0) is 14.2. The lowest BCUT2D eigenvalue weighted by Crippen LogP contribution is -2.46. The van der Waals surface area contributed by atoms with Gasteiger partial charge in [0.15, 0.2) is 0 Å². The third-order valence-electron chi connectivity index (χ3n) is 7.51. The second-order valence-electron chi connectivity index (χ2n) is 8.27. The molecular formula is C20H33N. The maximum absolute atomic E-state index is 4.25. The summed E-state index contributed by atoms with van der Waals surface area (Å²) in [5.74, 6) is 4.10. The van der Waals surface area contributed by atoms with Gasteiger partial charge in [-0.05, 0) is 68.4 Å². The summed E-state index contributed by atoms with van der Waals surface area (Å²) >= 11 is 0. The van der Waals surface area contributed by atoms with Crippen LogP contribution < -0.4 is 0 Å². The summed E-state index contributed by atoms with van der Waals surface area (Å²) in [6.07, 6.45) is 20.2. The molecule has 21 heavy (non-hydrogen) atoms. The Morgan fingerprint density at radius 3 is 1.38 bits per heavy atom. The largest absolute Gasteiger partial charge is 0.371 e. The second-order valence-corrected chi connectivity index (χ2v) is 8.27. The molecule has 1 saturated heterocycles. The van der Waals surface area contributed by atoms with Crippen LogP contribution in [0.5, 0.6) is 0 Å². The van der Waals surface area contributed by atoms with E-state index in [0.717, 1.165) is 35.8 Å². The Labute approximate surface area is 131 Å². The molecule has 1 heteroatoms. The average Bonchev–Trinajstić information content (AvgIpc) is 2.68. The van der Waals surface area contributed by atoms with Crippen LogP contribution in [0.2, 0.25) is 0 Å². The lowest BCUT2D eigenvalue weighted by Gasteiger charge is -2.45. The fourth-order valence-electron chi connectivity index (χ4n) is 6.79. The molecule has 0 N–H and O–H groups in total. The van der Waals surface area contributed by atoms with E-state index in [4.69, 9.17) is 0 Å². The Balaban J connectivity index is 1.72. The Morgan fingerprint density at radius 1 is 0.571 bits per heavy atom. The minimum Gasteiger partial charge on any atom is -0.371 e. The van der Waals surface area contributed by atoms with Crippen LogP contribution in [0.3, 0.4) is 0 Å². The van der Waals surface area contributed by atoms with Crippen molar-refractivity contribution in [3.8, 4) is 0 Å². The fourth-order valence-corrected chi connectivity index (χ4v) is 6.79. The van der Waals surface area contributed by atoms with Crippen LogP contribution in [0.4, 0.5) is 0 Å². The topological polar surface area (TPSA) is 3.24 Å². The van der Waals surface area contributed by atoms with Crippen molar-refractivity contribution in [1.82, 2.24) is 4.90 Å². The molecule has 0 bridgehead atoms. The minimum absolute atomic E-state index is 0.843. The lowest BCUT2D eigenvalue weighted by atomic mass is 9.62. The zero-order valence-electron chi connectivity index (χ0n) is 13.7. The molecule has 1 aliphatic heterocycles. The van der Waals surface area contributed by atoms with Crippen LogP contribution in [0, 0.1) is 23.7 Å². The predicted octanol–water partition coefficient (Wildman–Crippen LogP) is 5.37. The summed E-state index contributed by atoms with van der Waals surface area (Å²) in [5, 5.41) is 0. The number of hydrogen-bond acceptors (Lipinski definition) is 1. The third-order valence-corrected chi connectivity index (χ3v) is 7.51. The van der Waals surface area contributed by atoms with Gasteiger partial charge in [-0.1, -0.05) is 45.1 Å². The van der Waals surface area contributed by atoms with Gasteiger partial charge in [0, 0.05) is 12.1 Å². The molecule has 4 fully saturated rings. The van der Waals surface area contributed by atoms with Crippen molar-refractivity contribution in [2.75, 3.05) is 0 Å². The van der Waals surface area contributed by atoms with Gasteiger partial charge in [-0.25, -0.2) is 0 Å². The van der Waals surface area contributed by atoms with Crippen molar-refractivity contribution in [2.45, 2.75) is 89.1 Å². The van der Waals surface area contributed by atoms with Gasteiger partial charge < -0.3 is 4.90 Å². The van der Waals surface area contributed by atoms with Gasteiger partial charge in [0.05, 0.1) is 0 Å². The minimum atomic E-state index is 0.843. The lowest BCUT2D eigenvalue weighted by molar-refractivity contribution is 0.0807. The van der Waals surface area contributed by atoms with Crippen molar-refractivity contribution in [3.05, 3.63) is 12.8 Å². The van der Waals surface area contributed by atoms with Gasteiger partial charge >= 0.3 is 0 Å². The maximum atomic E-state index is 4.25. The predicted molar refractivity (Wildman–Crippen MR) is 89.0 cm³/mol. The molecule has 118 valence electrons. The summed E-state index contributed by atoms with van der Waals surface area (Å²) in [7, 11) is 0. The van der Waals surface area contributed by atoms with Gasteiger partial charge in [0.1, 0.15) is 0 Å². The van der Waals surface area contributed by atoms with Crippen LogP contribution in [0.1, 0.15) is 77.0 Å². The summed E-state index contributed by atoms with van der Waals surface area (Å²) in [6.45, 7) is 4.25. The first-order valence-electron chi connectivity index (χ1n) is 9.80. The van der Waals surface area contributed by atoms with Crippen molar-refractivity contribution >= 4 is 0 Å². The smallest absolute Gasteiger partial charge is 0.0318 e. The first-order chi connectivity index (χ1) is 10.4. The Morgan fingerprint density at radius 2 is 0.952 bits per heavy atom. The van der Waals surface area contributed by atoms with Gasteiger partial charge in [0.25, 0.3) is 0 Å². The summed E-state index contributed by atoms with van der Waals surface area (Å²) in [4.78, 5) is 2.80. The van der Waals surface area contributed by atoms with Crippen molar-refractivity contribution in [1.29, 1.82) is 0 Å². The van der Waals surface area contributed by atoms with E-state index in [0.29, 0.717) is 0 Å². The van der Waals surface area contributed by atoms with E-state index in [2.05, 4.69) is 17.7 Å². The first-order valence-corrected chi connectivity index (χ1v) is 9.80. The first kappa shape index (κ1) is 14.2.